The Kier molecular flexibility index (Phi) is 4.97. The van der Waals surface area contributed by atoms with Crippen LogP contribution in [0.4, 0.5) is 0 Å². The van der Waals surface area contributed by atoms with Gasteiger partial charge in [0.1, 0.15) is 5.75 Å². The Morgan fingerprint density at radius 2 is 2.17 bits per heavy atom. The summed E-state index contributed by atoms with van der Waals surface area (Å²) in [5.74, 6) is -1.38. The maximum Gasteiger partial charge on any atom is 0.258 e. The van der Waals surface area contributed by atoms with E-state index < -0.39 is 17.9 Å². The van der Waals surface area contributed by atoms with Gasteiger partial charge in [0.25, 0.3) is 5.91 Å². The van der Waals surface area contributed by atoms with Gasteiger partial charge < -0.3 is 20.0 Å². The van der Waals surface area contributed by atoms with Crippen LogP contribution in [0.25, 0.3) is 0 Å². The second-order valence-electron chi connectivity index (χ2n) is 3.81. The van der Waals surface area contributed by atoms with Crippen molar-refractivity contribution in [2.45, 2.75) is 19.9 Å². The number of amides is 1. The summed E-state index contributed by atoms with van der Waals surface area (Å²) in [6.45, 7) is 2.87. The van der Waals surface area contributed by atoms with Crippen molar-refractivity contribution in [2.75, 3.05) is 6.61 Å². The van der Waals surface area contributed by atoms with E-state index in [9.17, 15) is 14.7 Å². The van der Waals surface area contributed by atoms with E-state index in [2.05, 4.69) is 5.32 Å². The van der Waals surface area contributed by atoms with Crippen LogP contribution in [0.5, 0.6) is 5.75 Å². The molecule has 1 atom stereocenters. The number of rotatable bonds is 5. The monoisotopic (exact) mass is 270 g/mol. The fourth-order valence-corrected chi connectivity index (χ4v) is 1.32. The maximum absolute atomic E-state index is 11.3. The molecule has 0 aliphatic rings. The molecule has 5 nitrogen and oxygen atoms in total. The zero-order valence-corrected chi connectivity index (χ0v) is 10.8. The average molecular weight is 271 g/mol. The molecular formula is C12H13ClNO4-. The van der Waals surface area contributed by atoms with Gasteiger partial charge in [0.2, 0.25) is 0 Å². The highest BCUT2D eigenvalue weighted by molar-refractivity contribution is 6.31. The van der Waals surface area contributed by atoms with Gasteiger partial charge in [-0.05, 0) is 37.6 Å². The summed E-state index contributed by atoms with van der Waals surface area (Å²) in [7, 11) is 0. The predicted molar refractivity (Wildman–Crippen MR) is 64.3 cm³/mol. The lowest BCUT2D eigenvalue weighted by Gasteiger charge is -2.15. The summed E-state index contributed by atoms with van der Waals surface area (Å²) in [6, 6.07) is 3.93. The van der Waals surface area contributed by atoms with Gasteiger partial charge >= 0.3 is 0 Å². The van der Waals surface area contributed by atoms with Gasteiger partial charge in [-0.1, -0.05) is 11.6 Å². The highest BCUT2D eigenvalue weighted by Crippen LogP contribution is 2.20. The Bertz CT molecular complexity index is 461. The lowest BCUT2D eigenvalue weighted by molar-refractivity contribution is -0.307. The summed E-state index contributed by atoms with van der Waals surface area (Å²) in [4.78, 5) is 21.7. The normalized spacial score (nSPS) is 11.7. The number of aliphatic carboxylic acids is 1. The van der Waals surface area contributed by atoms with Gasteiger partial charge in [0.05, 0.1) is 12.0 Å². The standard InChI is InChI=1S/C12H14ClNO4/c1-7-5-9(3-4-10(7)13)18-6-11(15)14-8(2)12(16)17/h3-5,8H,6H2,1-2H3,(H,14,15)(H,16,17)/p-1/t8-/m0/s1. The van der Waals surface area contributed by atoms with Crippen molar-refractivity contribution in [3.63, 3.8) is 0 Å². The molecule has 6 heteroatoms. The number of hydrogen-bond acceptors (Lipinski definition) is 4. The minimum atomic E-state index is -1.34. The molecule has 1 amide bonds. The van der Waals surface area contributed by atoms with Gasteiger partial charge in [0, 0.05) is 5.02 Å². The van der Waals surface area contributed by atoms with Crippen molar-refractivity contribution in [2.24, 2.45) is 0 Å². The van der Waals surface area contributed by atoms with Gasteiger partial charge in [-0.3, -0.25) is 4.79 Å². The van der Waals surface area contributed by atoms with Gasteiger partial charge in [-0.15, -0.1) is 0 Å². The molecule has 1 aromatic carbocycles. The molecule has 1 aromatic rings. The van der Waals surface area contributed by atoms with E-state index in [1.54, 1.807) is 18.2 Å². The lowest BCUT2D eigenvalue weighted by Crippen LogP contribution is -2.47. The SMILES string of the molecule is Cc1cc(OCC(=O)N[C@@H](C)C(=O)[O-])ccc1Cl. The molecule has 18 heavy (non-hydrogen) atoms. The smallest absolute Gasteiger partial charge is 0.258 e. The Balaban J connectivity index is 2.47. The van der Waals surface area contributed by atoms with Crippen molar-refractivity contribution < 1.29 is 19.4 Å². The molecule has 0 bridgehead atoms. The van der Waals surface area contributed by atoms with Crippen molar-refractivity contribution in [1.82, 2.24) is 5.32 Å². The van der Waals surface area contributed by atoms with Gasteiger partial charge in [0.15, 0.2) is 6.61 Å². The topological polar surface area (TPSA) is 78.5 Å². The number of nitrogens with one attached hydrogen (secondary N) is 1. The molecule has 0 unspecified atom stereocenters. The molecule has 0 fully saturated rings. The number of ether oxygens (including phenoxy) is 1. The number of halogens is 1. The second kappa shape index (κ2) is 6.26. The van der Waals surface area contributed by atoms with Gasteiger partial charge in [-0.25, -0.2) is 0 Å². The number of benzene rings is 1. The van der Waals surface area contributed by atoms with E-state index in [0.29, 0.717) is 10.8 Å². The lowest BCUT2D eigenvalue weighted by atomic mass is 10.2. The fraction of sp³-hybridized carbons (Fsp3) is 0.333. The van der Waals surface area contributed by atoms with Crippen LogP contribution < -0.4 is 15.2 Å². The van der Waals surface area contributed by atoms with Crippen LogP contribution in [-0.2, 0) is 9.59 Å². The zero-order chi connectivity index (χ0) is 13.7. The summed E-state index contributed by atoms with van der Waals surface area (Å²) in [5, 5.41) is 13.2. The van der Waals surface area contributed by atoms with Crippen molar-refractivity contribution in [1.29, 1.82) is 0 Å². The molecule has 0 heterocycles. The molecule has 1 rings (SSSR count). The first-order chi connectivity index (χ1) is 8.40. The first kappa shape index (κ1) is 14.3. The van der Waals surface area contributed by atoms with Crippen molar-refractivity contribution in [3.05, 3.63) is 28.8 Å². The van der Waals surface area contributed by atoms with E-state index in [-0.39, 0.29) is 6.61 Å². The van der Waals surface area contributed by atoms with E-state index in [1.807, 2.05) is 6.92 Å². The number of carboxylic acid groups (broad SMARTS) is 1. The number of carboxylic acids is 1. The molecule has 0 aliphatic carbocycles. The molecular weight excluding hydrogens is 258 g/mol. The molecule has 1 N–H and O–H groups in total. The summed E-state index contributed by atoms with van der Waals surface area (Å²) in [5.41, 5.74) is 0.831. The Morgan fingerprint density at radius 1 is 1.50 bits per heavy atom. The third-order valence-electron chi connectivity index (χ3n) is 2.23. The Hall–Kier alpha value is -1.75. The van der Waals surface area contributed by atoms with Crippen molar-refractivity contribution in [3.8, 4) is 5.75 Å². The maximum atomic E-state index is 11.3. The van der Waals surface area contributed by atoms with Crippen molar-refractivity contribution >= 4 is 23.5 Å². The summed E-state index contributed by atoms with van der Waals surface area (Å²) in [6.07, 6.45) is 0. The Morgan fingerprint density at radius 3 is 2.72 bits per heavy atom. The molecule has 0 saturated carbocycles. The van der Waals surface area contributed by atoms with Crippen LogP contribution in [0.3, 0.4) is 0 Å². The number of aryl methyl sites for hydroxylation is 1. The molecule has 0 saturated heterocycles. The van der Waals surface area contributed by atoms with Crippen LogP contribution in [0, 0.1) is 6.92 Å². The number of carbonyl (C=O) groups is 2. The Labute approximate surface area is 110 Å². The van der Waals surface area contributed by atoms with Crippen LogP contribution in [-0.4, -0.2) is 24.5 Å². The quantitative estimate of drug-likeness (QED) is 0.834. The highest BCUT2D eigenvalue weighted by Gasteiger charge is 2.08. The summed E-state index contributed by atoms with van der Waals surface area (Å²) < 4.78 is 5.20. The average Bonchev–Trinajstić information content (AvgIpc) is 2.30. The predicted octanol–water partition coefficient (Wildman–Crippen LogP) is 0.282. The first-order valence-electron chi connectivity index (χ1n) is 5.29. The minimum Gasteiger partial charge on any atom is -0.548 e. The largest absolute Gasteiger partial charge is 0.548 e. The molecule has 0 aliphatic heterocycles. The van der Waals surface area contributed by atoms with Gasteiger partial charge in [-0.2, -0.15) is 0 Å². The molecule has 0 radical (unpaired) electrons. The van der Waals surface area contributed by atoms with E-state index >= 15 is 0 Å². The van der Waals surface area contributed by atoms with E-state index in [1.165, 1.54) is 6.92 Å². The third-order valence-corrected chi connectivity index (χ3v) is 2.65. The van der Waals surface area contributed by atoms with Crippen LogP contribution in [0.2, 0.25) is 5.02 Å². The number of hydrogen-bond donors (Lipinski definition) is 1. The first-order valence-corrected chi connectivity index (χ1v) is 5.67. The zero-order valence-electron chi connectivity index (χ0n) is 10.0. The minimum absolute atomic E-state index is 0.265. The molecule has 0 spiro atoms. The van der Waals surface area contributed by atoms with Crippen LogP contribution >= 0.6 is 11.6 Å². The van der Waals surface area contributed by atoms with E-state index in [0.717, 1.165) is 5.56 Å². The summed E-state index contributed by atoms with van der Waals surface area (Å²) >= 11 is 5.84. The van der Waals surface area contributed by atoms with Crippen LogP contribution in [0.1, 0.15) is 12.5 Å². The third kappa shape index (κ3) is 4.25. The fourth-order valence-electron chi connectivity index (χ4n) is 1.20. The van der Waals surface area contributed by atoms with Crippen LogP contribution in [0.15, 0.2) is 18.2 Å². The van der Waals surface area contributed by atoms with E-state index in [4.69, 9.17) is 16.3 Å². The second-order valence-corrected chi connectivity index (χ2v) is 4.22. The molecule has 98 valence electrons. The highest BCUT2D eigenvalue weighted by atomic mass is 35.5. The molecule has 0 aromatic heterocycles. The number of carbonyl (C=O) groups excluding carboxylic acids is 2.